The highest BCUT2D eigenvalue weighted by Gasteiger charge is 2.17. The van der Waals surface area contributed by atoms with Gasteiger partial charge in [-0.3, -0.25) is 10.1 Å². The number of halogens is 1. The lowest BCUT2D eigenvalue weighted by Gasteiger charge is -2.11. The van der Waals surface area contributed by atoms with E-state index in [9.17, 15) is 8.42 Å². The minimum atomic E-state index is -3.74. The first-order chi connectivity index (χ1) is 9.44. The van der Waals surface area contributed by atoms with Crippen LogP contribution in [-0.4, -0.2) is 18.4 Å². The number of nitrogens with zero attached hydrogens (tertiary/aromatic N) is 2. The van der Waals surface area contributed by atoms with Crippen molar-refractivity contribution in [3.05, 3.63) is 40.6 Å². The standard InChI is InChI=1S/C11H12BrN5O2S/c1-7-9(12)3-2-4-10(7)17-20(18,19)8-5-14-11(16-13)15-6-8/h2-6,17H,13H2,1H3,(H,14,15,16). The van der Waals surface area contributed by atoms with Crippen LogP contribution in [0.25, 0.3) is 0 Å². The number of hydrazine groups is 1. The maximum atomic E-state index is 12.2. The molecule has 0 saturated heterocycles. The Hall–Kier alpha value is -1.71. The summed E-state index contributed by atoms with van der Waals surface area (Å²) >= 11 is 3.35. The summed E-state index contributed by atoms with van der Waals surface area (Å²) in [6, 6.07) is 5.25. The summed E-state index contributed by atoms with van der Waals surface area (Å²) < 4.78 is 27.7. The molecule has 106 valence electrons. The number of nitrogen functional groups attached to an aromatic ring is 1. The van der Waals surface area contributed by atoms with E-state index in [0.717, 1.165) is 10.0 Å². The zero-order valence-corrected chi connectivity index (χ0v) is 12.9. The molecule has 1 aromatic carbocycles. The smallest absolute Gasteiger partial charge is 0.264 e. The van der Waals surface area contributed by atoms with E-state index < -0.39 is 10.0 Å². The molecule has 0 atom stereocenters. The van der Waals surface area contributed by atoms with Gasteiger partial charge in [-0.15, -0.1) is 0 Å². The number of hydrogen-bond acceptors (Lipinski definition) is 6. The molecule has 7 nitrogen and oxygen atoms in total. The van der Waals surface area contributed by atoms with Crippen LogP contribution in [0.4, 0.5) is 11.6 Å². The molecule has 0 saturated carbocycles. The van der Waals surface area contributed by atoms with Gasteiger partial charge in [-0.2, -0.15) is 0 Å². The van der Waals surface area contributed by atoms with Gasteiger partial charge in [0.15, 0.2) is 0 Å². The van der Waals surface area contributed by atoms with E-state index in [-0.39, 0.29) is 10.8 Å². The number of nitrogens with one attached hydrogen (secondary N) is 2. The minimum absolute atomic E-state index is 0.0455. The highest BCUT2D eigenvalue weighted by molar-refractivity contribution is 9.10. The fourth-order valence-electron chi connectivity index (χ4n) is 1.45. The highest BCUT2D eigenvalue weighted by Crippen LogP contribution is 2.25. The molecule has 1 aromatic heterocycles. The van der Waals surface area contributed by atoms with E-state index in [1.54, 1.807) is 19.1 Å². The molecule has 0 bridgehead atoms. The average molecular weight is 358 g/mol. The molecule has 9 heteroatoms. The molecular weight excluding hydrogens is 346 g/mol. The van der Waals surface area contributed by atoms with Crippen LogP contribution in [-0.2, 0) is 10.0 Å². The van der Waals surface area contributed by atoms with Crippen LogP contribution < -0.4 is 16.0 Å². The molecule has 20 heavy (non-hydrogen) atoms. The molecule has 2 rings (SSSR count). The summed E-state index contributed by atoms with van der Waals surface area (Å²) in [5, 5.41) is 0. The van der Waals surface area contributed by atoms with Crippen LogP contribution in [0, 0.1) is 6.92 Å². The Balaban J connectivity index is 2.33. The molecule has 0 amide bonds. The molecule has 0 aliphatic rings. The van der Waals surface area contributed by atoms with Gasteiger partial charge in [-0.05, 0) is 24.6 Å². The second kappa shape index (κ2) is 5.73. The number of rotatable bonds is 4. The monoisotopic (exact) mass is 357 g/mol. The van der Waals surface area contributed by atoms with Crippen molar-refractivity contribution in [3.8, 4) is 0 Å². The van der Waals surface area contributed by atoms with E-state index >= 15 is 0 Å². The zero-order chi connectivity index (χ0) is 14.8. The molecule has 0 spiro atoms. The predicted octanol–water partition coefficient (Wildman–Crippen LogP) is 1.63. The van der Waals surface area contributed by atoms with Gasteiger partial charge in [-0.1, -0.05) is 22.0 Å². The van der Waals surface area contributed by atoms with Gasteiger partial charge in [0.1, 0.15) is 4.90 Å². The first kappa shape index (κ1) is 14.7. The number of aromatic nitrogens is 2. The van der Waals surface area contributed by atoms with Crippen molar-refractivity contribution in [2.24, 2.45) is 5.84 Å². The Morgan fingerprint density at radius 1 is 1.25 bits per heavy atom. The van der Waals surface area contributed by atoms with Crippen LogP contribution in [0.1, 0.15) is 5.56 Å². The summed E-state index contributed by atoms with van der Waals surface area (Å²) in [6.07, 6.45) is 2.36. The van der Waals surface area contributed by atoms with Gasteiger partial charge in [0, 0.05) is 4.47 Å². The third-order valence-electron chi connectivity index (χ3n) is 2.58. The lowest BCUT2D eigenvalue weighted by molar-refractivity contribution is 0.600. The maximum Gasteiger partial charge on any atom is 0.264 e. The first-order valence-electron chi connectivity index (χ1n) is 5.50. The minimum Gasteiger partial charge on any atom is -0.292 e. The third kappa shape index (κ3) is 3.06. The number of anilines is 2. The molecule has 0 radical (unpaired) electrons. The third-order valence-corrected chi connectivity index (χ3v) is 4.76. The number of sulfonamides is 1. The van der Waals surface area contributed by atoms with Crippen molar-refractivity contribution in [2.45, 2.75) is 11.8 Å². The molecule has 0 aliphatic heterocycles. The molecule has 1 heterocycles. The highest BCUT2D eigenvalue weighted by atomic mass is 79.9. The van der Waals surface area contributed by atoms with Crippen LogP contribution >= 0.6 is 15.9 Å². The van der Waals surface area contributed by atoms with E-state index in [1.165, 1.54) is 12.4 Å². The van der Waals surface area contributed by atoms with Gasteiger partial charge < -0.3 is 0 Å². The fourth-order valence-corrected chi connectivity index (χ4v) is 2.83. The lowest BCUT2D eigenvalue weighted by Crippen LogP contribution is -2.16. The van der Waals surface area contributed by atoms with Crippen LogP contribution in [0.15, 0.2) is 40.0 Å². The number of benzene rings is 1. The Morgan fingerprint density at radius 2 is 1.90 bits per heavy atom. The Labute approximate surface area is 124 Å². The maximum absolute atomic E-state index is 12.2. The van der Waals surface area contributed by atoms with Gasteiger partial charge in [0.05, 0.1) is 18.1 Å². The molecule has 0 fully saturated rings. The normalized spacial score (nSPS) is 11.2. The molecule has 0 unspecified atom stereocenters. The largest absolute Gasteiger partial charge is 0.292 e. The summed E-state index contributed by atoms with van der Waals surface area (Å²) in [5.41, 5.74) is 3.50. The molecule has 2 aromatic rings. The van der Waals surface area contributed by atoms with E-state index in [1.807, 2.05) is 6.07 Å². The Morgan fingerprint density at radius 3 is 2.50 bits per heavy atom. The second-order valence-corrected chi connectivity index (χ2v) is 6.44. The quantitative estimate of drug-likeness (QED) is 0.566. The summed E-state index contributed by atoms with van der Waals surface area (Å²) in [5.74, 6) is 5.27. The van der Waals surface area contributed by atoms with Crippen LogP contribution in [0.5, 0.6) is 0 Å². The molecule has 4 N–H and O–H groups in total. The topological polar surface area (TPSA) is 110 Å². The Bertz CT molecular complexity index is 718. The number of nitrogens with two attached hydrogens (primary N) is 1. The SMILES string of the molecule is Cc1c(Br)cccc1NS(=O)(=O)c1cnc(NN)nc1. The van der Waals surface area contributed by atoms with Crippen LogP contribution in [0.3, 0.4) is 0 Å². The second-order valence-electron chi connectivity index (χ2n) is 3.90. The van der Waals surface area contributed by atoms with Gasteiger partial charge in [-0.25, -0.2) is 24.2 Å². The average Bonchev–Trinajstić information content (AvgIpc) is 2.44. The van der Waals surface area contributed by atoms with E-state index in [4.69, 9.17) is 5.84 Å². The van der Waals surface area contributed by atoms with Gasteiger partial charge in [0.2, 0.25) is 5.95 Å². The van der Waals surface area contributed by atoms with Crippen molar-refractivity contribution < 1.29 is 8.42 Å². The molecule has 0 aliphatic carbocycles. The predicted molar refractivity (Wildman–Crippen MR) is 79.5 cm³/mol. The van der Waals surface area contributed by atoms with Crippen molar-refractivity contribution in [2.75, 3.05) is 10.1 Å². The fraction of sp³-hybridized carbons (Fsp3) is 0.0909. The van der Waals surface area contributed by atoms with Gasteiger partial charge >= 0.3 is 0 Å². The van der Waals surface area contributed by atoms with Crippen molar-refractivity contribution in [3.63, 3.8) is 0 Å². The van der Waals surface area contributed by atoms with Crippen molar-refractivity contribution >= 4 is 37.6 Å². The van der Waals surface area contributed by atoms with Gasteiger partial charge in [0.25, 0.3) is 10.0 Å². The first-order valence-corrected chi connectivity index (χ1v) is 7.78. The summed E-state index contributed by atoms with van der Waals surface area (Å²) in [6.45, 7) is 1.81. The van der Waals surface area contributed by atoms with Crippen molar-refractivity contribution in [1.29, 1.82) is 0 Å². The summed E-state index contributed by atoms with van der Waals surface area (Å²) in [7, 11) is -3.74. The van der Waals surface area contributed by atoms with E-state index in [2.05, 4.69) is 36.0 Å². The Kier molecular flexibility index (Phi) is 4.21. The summed E-state index contributed by atoms with van der Waals surface area (Å²) in [4.78, 5) is 7.49. The van der Waals surface area contributed by atoms with Crippen molar-refractivity contribution in [1.82, 2.24) is 9.97 Å². The zero-order valence-electron chi connectivity index (χ0n) is 10.5. The number of hydrogen-bond donors (Lipinski definition) is 3. The molecular formula is C11H12BrN5O2S. The van der Waals surface area contributed by atoms with Crippen LogP contribution in [0.2, 0.25) is 0 Å². The lowest BCUT2D eigenvalue weighted by atomic mass is 10.2. The van der Waals surface area contributed by atoms with E-state index in [0.29, 0.717) is 5.69 Å².